The lowest BCUT2D eigenvalue weighted by atomic mass is 9.60. The number of anilines is 2. The van der Waals surface area contributed by atoms with Crippen LogP contribution < -0.4 is 10.2 Å². The van der Waals surface area contributed by atoms with Crippen LogP contribution in [-0.2, 0) is 13.0 Å². The zero-order valence-corrected chi connectivity index (χ0v) is 20.0. The van der Waals surface area contributed by atoms with E-state index in [2.05, 4.69) is 10.4 Å². The first-order chi connectivity index (χ1) is 17.6. The van der Waals surface area contributed by atoms with E-state index >= 15 is 0 Å². The zero-order chi connectivity index (χ0) is 26.4. The molecule has 2 aromatic carbocycles. The number of benzene rings is 2. The van der Waals surface area contributed by atoms with E-state index in [1.165, 1.54) is 16.9 Å². The second-order valence-electron chi connectivity index (χ2n) is 10.0. The molecular formula is C27H24F3N5O2. The quantitative estimate of drug-likeness (QED) is 0.515. The molecule has 0 unspecified atom stereocenters. The van der Waals surface area contributed by atoms with Gasteiger partial charge in [-0.2, -0.15) is 23.5 Å². The summed E-state index contributed by atoms with van der Waals surface area (Å²) in [5, 5.41) is 16.0. The van der Waals surface area contributed by atoms with Crippen LogP contribution in [0.5, 0.6) is 0 Å². The Balaban J connectivity index is 1.29. The highest BCUT2D eigenvalue weighted by Gasteiger charge is 2.53. The normalized spacial score (nSPS) is 21.1. The first kappa shape index (κ1) is 24.6. The molecule has 0 atom stereocenters. The Morgan fingerprint density at radius 1 is 1.19 bits per heavy atom. The Hall–Kier alpha value is -4.13. The molecule has 7 nitrogen and oxygen atoms in total. The van der Waals surface area contributed by atoms with E-state index in [0.29, 0.717) is 36.4 Å². The fourth-order valence-corrected chi connectivity index (χ4v) is 5.27. The molecule has 5 rings (SSSR count). The third-order valence-electron chi connectivity index (χ3n) is 7.14. The van der Waals surface area contributed by atoms with Gasteiger partial charge in [-0.15, -0.1) is 0 Å². The van der Waals surface area contributed by atoms with Crippen molar-refractivity contribution in [3.63, 3.8) is 0 Å². The number of alkyl halides is 3. The van der Waals surface area contributed by atoms with Crippen molar-refractivity contribution in [3.05, 3.63) is 77.1 Å². The molecule has 0 bridgehead atoms. The van der Waals surface area contributed by atoms with Crippen LogP contribution in [0.4, 0.5) is 24.5 Å². The topological polar surface area (TPSA) is 91.0 Å². The van der Waals surface area contributed by atoms with Gasteiger partial charge in [-0.05, 0) is 60.6 Å². The highest BCUT2D eigenvalue weighted by molar-refractivity contribution is 6.15. The van der Waals surface area contributed by atoms with Crippen LogP contribution in [0.15, 0.2) is 54.7 Å². The highest BCUT2D eigenvalue weighted by Crippen LogP contribution is 2.53. The smallest absolute Gasteiger partial charge is 0.322 e. The third kappa shape index (κ3) is 4.81. The van der Waals surface area contributed by atoms with Crippen molar-refractivity contribution in [2.24, 2.45) is 11.3 Å². The number of rotatable bonds is 5. The van der Waals surface area contributed by atoms with Crippen molar-refractivity contribution < 1.29 is 22.8 Å². The summed E-state index contributed by atoms with van der Waals surface area (Å²) in [6.07, 6.45) is -1.99. The highest BCUT2D eigenvalue weighted by atomic mass is 19.4. The molecule has 2 heterocycles. The number of amides is 2. The number of fused-ring (bicyclic) bond motifs is 1. The summed E-state index contributed by atoms with van der Waals surface area (Å²) in [4.78, 5) is 27.9. The fourth-order valence-electron chi connectivity index (χ4n) is 5.27. The van der Waals surface area contributed by atoms with Gasteiger partial charge in [0.1, 0.15) is 5.69 Å². The third-order valence-corrected chi connectivity index (χ3v) is 7.14. The average Bonchev–Trinajstić information content (AvgIpc) is 3.28. The van der Waals surface area contributed by atoms with Crippen molar-refractivity contribution in [1.29, 1.82) is 5.26 Å². The lowest BCUT2D eigenvalue weighted by Gasteiger charge is -2.46. The molecule has 1 N–H and O–H groups in total. The van der Waals surface area contributed by atoms with Crippen LogP contribution in [-0.4, -0.2) is 34.3 Å². The monoisotopic (exact) mass is 507 g/mol. The van der Waals surface area contributed by atoms with E-state index in [9.17, 15) is 22.8 Å². The Bertz CT molecular complexity index is 1400. The van der Waals surface area contributed by atoms with Gasteiger partial charge in [-0.3, -0.25) is 14.3 Å². The Morgan fingerprint density at radius 2 is 1.92 bits per heavy atom. The van der Waals surface area contributed by atoms with Gasteiger partial charge >= 0.3 is 6.18 Å². The minimum Gasteiger partial charge on any atom is -0.322 e. The minimum absolute atomic E-state index is 0.124. The SMILES string of the molecule is CC1(Cc2ccc(N3CCn4ncc(C(=O)Nc5cccc(C#N)c5)c4C3=O)cc2)CC(C(F)(F)F)C1. The molecule has 37 heavy (non-hydrogen) atoms. The Labute approximate surface area is 211 Å². The van der Waals surface area contributed by atoms with Gasteiger partial charge < -0.3 is 10.2 Å². The summed E-state index contributed by atoms with van der Waals surface area (Å²) in [6.45, 7) is 2.64. The van der Waals surface area contributed by atoms with Gasteiger partial charge in [-0.1, -0.05) is 25.1 Å². The van der Waals surface area contributed by atoms with E-state index in [0.717, 1.165) is 5.56 Å². The first-order valence-electron chi connectivity index (χ1n) is 11.9. The van der Waals surface area contributed by atoms with Gasteiger partial charge in [0.25, 0.3) is 11.8 Å². The number of halogens is 3. The van der Waals surface area contributed by atoms with E-state index in [-0.39, 0.29) is 35.4 Å². The summed E-state index contributed by atoms with van der Waals surface area (Å²) >= 11 is 0. The average molecular weight is 508 g/mol. The summed E-state index contributed by atoms with van der Waals surface area (Å²) in [5.74, 6) is -2.10. The van der Waals surface area contributed by atoms with Crippen LogP contribution >= 0.6 is 0 Å². The van der Waals surface area contributed by atoms with Gasteiger partial charge in [0.15, 0.2) is 0 Å². The van der Waals surface area contributed by atoms with Gasteiger partial charge in [0.05, 0.1) is 35.9 Å². The predicted molar refractivity (Wildman–Crippen MR) is 130 cm³/mol. The molecule has 1 aliphatic carbocycles. The number of carbonyl (C=O) groups is 2. The van der Waals surface area contributed by atoms with E-state index in [1.807, 2.05) is 25.1 Å². The van der Waals surface area contributed by atoms with E-state index in [1.54, 1.807) is 35.2 Å². The molecular weight excluding hydrogens is 483 g/mol. The molecule has 0 radical (unpaired) electrons. The van der Waals surface area contributed by atoms with Crippen LogP contribution in [0.3, 0.4) is 0 Å². The maximum Gasteiger partial charge on any atom is 0.391 e. The van der Waals surface area contributed by atoms with E-state index in [4.69, 9.17) is 5.26 Å². The second-order valence-corrected chi connectivity index (χ2v) is 10.0. The fraction of sp³-hybridized carbons (Fsp3) is 0.333. The molecule has 0 saturated heterocycles. The first-order valence-corrected chi connectivity index (χ1v) is 11.9. The van der Waals surface area contributed by atoms with Crippen molar-refractivity contribution in [2.75, 3.05) is 16.8 Å². The lowest BCUT2D eigenvalue weighted by Crippen LogP contribution is -2.43. The van der Waals surface area contributed by atoms with Crippen LogP contribution in [0, 0.1) is 22.7 Å². The molecule has 1 saturated carbocycles. The number of nitrogens with one attached hydrogen (secondary N) is 1. The predicted octanol–water partition coefficient (Wildman–Crippen LogP) is 5.19. The van der Waals surface area contributed by atoms with Gasteiger partial charge in [0.2, 0.25) is 0 Å². The maximum absolute atomic E-state index is 13.4. The Kier molecular flexibility index (Phi) is 6.02. The summed E-state index contributed by atoms with van der Waals surface area (Å²) in [7, 11) is 0. The molecule has 1 aliphatic heterocycles. The number of nitrogens with zero attached hydrogens (tertiary/aromatic N) is 4. The number of aromatic nitrogens is 2. The number of hydrogen-bond acceptors (Lipinski definition) is 4. The summed E-state index contributed by atoms with van der Waals surface area (Å²) in [6, 6.07) is 15.7. The standard InChI is InChI=1S/C27H24F3N5O2/c1-26(13-19(14-26)27(28,29)30)12-17-5-7-21(8-6-17)34-9-10-35-23(25(34)37)22(16-32-35)24(36)33-20-4-2-3-18(11-20)15-31/h2-8,11,16,19H,9-10,12-14H2,1H3,(H,33,36). The molecule has 3 aromatic rings. The van der Waals surface area contributed by atoms with Crippen LogP contribution in [0.1, 0.15) is 51.7 Å². The molecule has 190 valence electrons. The van der Waals surface area contributed by atoms with Gasteiger partial charge in [-0.25, -0.2) is 0 Å². The van der Waals surface area contributed by atoms with Crippen molar-refractivity contribution >= 4 is 23.2 Å². The molecule has 1 fully saturated rings. The molecule has 10 heteroatoms. The second kappa shape index (κ2) is 9.07. The van der Waals surface area contributed by atoms with Crippen LogP contribution in [0.25, 0.3) is 0 Å². The van der Waals surface area contributed by atoms with Crippen molar-refractivity contribution in [3.8, 4) is 6.07 Å². The number of nitriles is 1. The minimum atomic E-state index is -4.14. The summed E-state index contributed by atoms with van der Waals surface area (Å²) < 4.78 is 40.2. The molecule has 2 aliphatic rings. The van der Waals surface area contributed by atoms with Gasteiger partial charge in [0, 0.05) is 17.9 Å². The number of hydrogen-bond donors (Lipinski definition) is 1. The van der Waals surface area contributed by atoms with Crippen molar-refractivity contribution in [2.45, 2.75) is 38.9 Å². The zero-order valence-electron chi connectivity index (χ0n) is 20.0. The molecule has 1 aromatic heterocycles. The summed E-state index contributed by atoms with van der Waals surface area (Å²) in [5.41, 5.74) is 2.30. The van der Waals surface area contributed by atoms with Crippen LogP contribution in [0.2, 0.25) is 0 Å². The Morgan fingerprint density at radius 3 is 2.59 bits per heavy atom. The maximum atomic E-state index is 13.4. The lowest BCUT2D eigenvalue weighted by molar-refractivity contribution is -0.219. The largest absolute Gasteiger partial charge is 0.391 e. The molecule has 0 spiro atoms. The van der Waals surface area contributed by atoms with Crippen molar-refractivity contribution in [1.82, 2.24) is 9.78 Å². The molecule has 2 amide bonds. The van der Waals surface area contributed by atoms with E-state index < -0.39 is 18.0 Å². The number of carbonyl (C=O) groups excluding carboxylic acids is 2.